The summed E-state index contributed by atoms with van der Waals surface area (Å²) in [6, 6.07) is 5.35. The van der Waals surface area contributed by atoms with E-state index in [1.54, 1.807) is 30.4 Å². The average Bonchev–Trinajstić information content (AvgIpc) is 3.27. The summed E-state index contributed by atoms with van der Waals surface area (Å²) in [5.74, 6) is -0.946. The number of thiophene rings is 1. The quantitative estimate of drug-likeness (QED) is 0.232. The Labute approximate surface area is 203 Å². The van der Waals surface area contributed by atoms with Crippen LogP contribution in [-0.4, -0.2) is 24.1 Å². The van der Waals surface area contributed by atoms with Gasteiger partial charge in [-0.2, -0.15) is 0 Å². The Morgan fingerprint density at radius 1 is 1.35 bits per heavy atom. The summed E-state index contributed by atoms with van der Waals surface area (Å²) in [4.78, 5) is 38.5. The van der Waals surface area contributed by atoms with E-state index in [2.05, 4.69) is 28.8 Å². The molecule has 7 nitrogen and oxygen atoms in total. The fourth-order valence-corrected chi connectivity index (χ4v) is 4.04. The van der Waals surface area contributed by atoms with E-state index in [-0.39, 0.29) is 17.3 Å². The highest BCUT2D eigenvalue weighted by Gasteiger charge is 2.22. The number of Topliss-reactive ketones (excluding diaryl/α,β-unsaturated/α-hetero) is 1. The van der Waals surface area contributed by atoms with Gasteiger partial charge in [0.15, 0.2) is 0 Å². The number of nitrogens with one attached hydrogen (secondary N) is 1. The molecule has 1 atom stereocenters. The van der Waals surface area contributed by atoms with Crippen LogP contribution in [-0.2, 0) is 11.2 Å². The average molecular weight is 486 g/mol. The standard InChI is InChI=1S/C26H31NO6S/c1-5-6-10-19-13-14-20(34-19)12-11-18(3)24(29)23-21(28)16-22(33-25(23)30)17(2)9-7-8-15-27-26(31)32-4/h8,12-17,28H,5-7,9-10H2,1-4H3,(H,27,31)/b15-8+. The van der Waals surface area contributed by atoms with E-state index >= 15 is 0 Å². The zero-order valence-electron chi connectivity index (χ0n) is 20.0. The van der Waals surface area contributed by atoms with Crippen LogP contribution in [0.4, 0.5) is 4.79 Å². The maximum Gasteiger partial charge on any atom is 0.410 e. The molecule has 34 heavy (non-hydrogen) atoms. The Morgan fingerprint density at radius 2 is 2.12 bits per heavy atom. The minimum Gasteiger partial charge on any atom is -0.507 e. The van der Waals surface area contributed by atoms with Gasteiger partial charge in [0.2, 0.25) is 5.78 Å². The largest absolute Gasteiger partial charge is 0.507 e. The molecule has 0 aromatic carbocycles. The van der Waals surface area contributed by atoms with Crippen LogP contribution < -0.4 is 10.9 Å². The summed E-state index contributed by atoms with van der Waals surface area (Å²) in [5.41, 5.74) is 1.85. The molecule has 1 amide bonds. The number of ketones is 1. The van der Waals surface area contributed by atoms with Crippen LogP contribution in [0, 0.1) is 0 Å². The molecule has 0 saturated carbocycles. The van der Waals surface area contributed by atoms with Crippen LogP contribution >= 0.6 is 11.3 Å². The number of aryl methyl sites for hydroxylation is 1. The van der Waals surface area contributed by atoms with Crippen molar-refractivity contribution < 1.29 is 23.8 Å². The third-order valence-corrected chi connectivity index (χ3v) is 6.26. The topological polar surface area (TPSA) is 106 Å². The van der Waals surface area contributed by atoms with Crippen LogP contribution in [0.3, 0.4) is 0 Å². The summed E-state index contributed by atoms with van der Waals surface area (Å²) >= 11 is 1.64. The molecule has 2 rings (SSSR count). The van der Waals surface area contributed by atoms with Crippen molar-refractivity contribution >= 4 is 29.3 Å². The molecule has 0 aliphatic carbocycles. The molecular formula is C26H31NO6S. The molecule has 182 valence electrons. The van der Waals surface area contributed by atoms with E-state index in [1.165, 1.54) is 24.3 Å². The van der Waals surface area contributed by atoms with Crippen molar-refractivity contribution in [2.75, 3.05) is 7.11 Å². The number of carbonyl (C=O) groups excluding carboxylic acids is 2. The molecule has 0 radical (unpaired) electrons. The fraction of sp³-hybridized carbons (Fsp3) is 0.385. The Kier molecular flexibility index (Phi) is 10.6. The summed E-state index contributed by atoms with van der Waals surface area (Å²) in [5, 5.41) is 12.8. The van der Waals surface area contributed by atoms with Crippen molar-refractivity contribution in [1.29, 1.82) is 0 Å². The molecule has 2 heterocycles. The first-order valence-corrected chi connectivity index (χ1v) is 12.0. The Hall–Kier alpha value is -3.35. The number of ether oxygens (including phenoxy) is 1. The monoisotopic (exact) mass is 485 g/mol. The van der Waals surface area contributed by atoms with E-state index in [4.69, 9.17) is 4.42 Å². The smallest absolute Gasteiger partial charge is 0.410 e. The predicted molar refractivity (Wildman–Crippen MR) is 133 cm³/mol. The number of allylic oxidation sites excluding steroid dienone is 2. The number of hydrogen-bond acceptors (Lipinski definition) is 7. The first-order chi connectivity index (χ1) is 16.3. The van der Waals surface area contributed by atoms with Gasteiger partial charge in [-0.15, -0.1) is 17.1 Å². The normalized spacial score (nSPS) is 11.6. The third-order valence-electron chi connectivity index (χ3n) is 5.16. The lowest BCUT2D eigenvalue weighted by molar-refractivity contribution is 0.102. The molecule has 0 fully saturated rings. The number of unbranched alkanes of at least 4 members (excludes halogenated alkanes) is 1. The highest BCUT2D eigenvalue weighted by Crippen LogP contribution is 2.26. The van der Waals surface area contributed by atoms with E-state index in [1.807, 2.05) is 13.0 Å². The van der Waals surface area contributed by atoms with Crippen molar-refractivity contribution in [1.82, 2.24) is 5.32 Å². The molecule has 2 aromatic rings. The summed E-state index contributed by atoms with van der Waals surface area (Å²) in [7, 11) is 1.27. The summed E-state index contributed by atoms with van der Waals surface area (Å²) in [6.07, 6.45) is 8.83. The molecular weight excluding hydrogens is 454 g/mol. The van der Waals surface area contributed by atoms with Crippen molar-refractivity contribution in [2.24, 2.45) is 0 Å². The molecule has 1 unspecified atom stereocenters. The number of carbonyl (C=O) groups is 2. The van der Waals surface area contributed by atoms with Crippen LogP contribution in [0.25, 0.3) is 6.08 Å². The molecule has 0 aliphatic rings. The van der Waals surface area contributed by atoms with Gasteiger partial charge in [0.05, 0.1) is 7.11 Å². The number of alkyl carbamates (subject to hydrolysis) is 1. The van der Waals surface area contributed by atoms with E-state index < -0.39 is 28.8 Å². The number of aromatic hydroxyl groups is 1. The van der Waals surface area contributed by atoms with Gasteiger partial charge < -0.3 is 14.3 Å². The maximum absolute atomic E-state index is 12.8. The van der Waals surface area contributed by atoms with Gasteiger partial charge in [0, 0.05) is 33.5 Å². The Bertz CT molecular complexity index is 1150. The second-order valence-electron chi connectivity index (χ2n) is 7.86. The van der Waals surface area contributed by atoms with Crippen LogP contribution in [0.5, 0.6) is 5.75 Å². The van der Waals surface area contributed by atoms with Crippen LogP contribution in [0.2, 0.25) is 0 Å². The minimum absolute atomic E-state index is 0.192. The van der Waals surface area contributed by atoms with Crippen LogP contribution in [0.15, 0.2) is 51.0 Å². The zero-order valence-corrected chi connectivity index (χ0v) is 20.8. The molecule has 0 aliphatic heterocycles. The summed E-state index contributed by atoms with van der Waals surface area (Å²) < 4.78 is 9.80. The number of methoxy groups -OCH3 is 1. The van der Waals surface area contributed by atoms with Crippen molar-refractivity contribution in [2.45, 2.75) is 58.8 Å². The van der Waals surface area contributed by atoms with Gasteiger partial charge in [0.25, 0.3) is 0 Å². The highest BCUT2D eigenvalue weighted by atomic mass is 32.1. The predicted octanol–water partition coefficient (Wildman–Crippen LogP) is 5.94. The second kappa shape index (κ2) is 13.4. The maximum atomic E-state index is 12.8. The Balaban J connectivity index is 2.10. The first kappa shape index (κ1) is 26.9. The fourth-order valence-electron chi connectivity index (χ4n) is 3.10. The van der Waals surface area contributed by atoms with Crippen molar-refractivity contribution in [3.05, 3.63) is 73.3 Å². The minimum atomic E-state index is -0.881. The highest BCUT2D eigenvalue weighted by molar-refractivity contribution is 7.12. The summed E-state index contributed by atoms with van der Waals surface area (Å²) in [6.45, 7) is 5.54. The number of amides is 1. The molecule has 0 spiro atoms. The third kappa shape index (κ3) is 7.90. The van der Waals surface area contributed by atoms with Gasteiger partial charge in [-0.1, -0.05) is 26.3 Å². The number of rotatable bonds is 11. The van der Waals surface area contributed by atoms with Gasteiger partial charge in [-0.25, -0.2) is 9.59 Å². The molecule has 2 N–H and O–H groups in total. The van der Waals surface area contributed by atoms with Gasteiger partial charge in [-0.05, 0) is 50.8 Å². The van der Waals surface area contributed by atoms with E-state index in [9.17, 15) is 19.5 Å². The van der Waals surface area contributed by atoms with Gasteiger partial charge in [-0.3, -0.25) is 10.1 Å². The Morgan fingerprint density at radius 3 is 2.79 bits per heavy atom. The van der Waals surface area contributed by atoms with Crippen molar-refractivity contribution in [3.63, 3.8) is 0 Å². The van der Waals surface area contributed by atoms with Crippen molar-refractivity contribution in [3.8, 4) is 5.75 Å². The molecule has 0 bridgehead atoms. The van der Waals surface area contributed by atoms with Gasteiger partial charge in [0.1, 0.15) is 17.1 Å². The van der Waals surface area contributed by atoms with E-state index in [0.717, 1.165) is 24.1 Å². The van der Waals surface area contributed by atoms with Gasteiger partial charge >= 0.3 is 11.7 Å². The first-order valence-electron chi connectivity index (χ1n) is 11.2. The lowest BCUT2D eigenvalue weighted by atomic mass is 10.00. The van der Waals surface area contributed by atoms with E-state index in [0.29, 0.717) is 12.8 Å². The molecule has 8 heteroatoms. The molecule has 2 aromatic heterocycles. The lowest BCUT2D eigenvalue weighted by Gasteiger charge is -2.10. The SMILES string of the molecule is CCCCc1ccc(C=C=C(C)C(=O)c2c(O)cc(C(C)CC/C=C/NC(=O)OC)oc2=O)s1. The van der Waals surface area contributed by atoms with Crippen LogP contribution in [0.1, 0.15) is 78.2 Å². The molecule has 0 saturated heterocycles. The second-order valence-corrected chi connectivity index (χ2v) is 9.06. The number of hydrogen-bond donors (Lipinski definition) is 2. The zero-order chi connectivity index (χ0) is 25.1. The lowest BCUT2D eigenvalue weighted by Crippen LogP contribution is -2.16.